The molecule has 3 N–H and O–H groups in total. The van der Waals surface area contributed by atoms with Crippen molar-refractivity contribution >= 4 is 24.1 Å². The highest BCUT2D eigenvalue weighted by Gasteiger charge is 2.14. The van der Waals surface area contributed by atoms with E-state index in [-0.39, 0.29) is 31.3 Å². The molecule has 3 amide bonds. The first-order valence-corrected chi connectivity index (χ1v) is 5.33. The lowest BCUT2D eigenvalue weighted by molar-refractivity contribution is -0.219. The topological polar surface area (TPSA) is 123 Å². The van der Waals surface area contributed by atoms with Gasteiger partial charge in [-0.15, -0.1) is 0 Å². The summed E-state index contributed by atoms with van der Waals surface area (Å²) in [6.45, 7) is 1.30. The van der Waals surface area contributed by atoms with E-state index in [9.17, 15) is 19.5 Å². The van der Waals surface area contributed by atoms with Crippen LogP contribution in [0, 0.1) is 0 Å². The van der Waals surface area contributed by atoms with Gasteiger partial charge in [0, 0.05) is 26.4 Å². The number of rotatable bonds is 8. The quantitative estimate of drug-likeness (QED) is 0.146. The molecule has 0 rings (SSSR count). The number of nitrogens with one attached hydrogen (secondary N) is 3. The minimum absolute atomic E-state index is 0.00121. The molecule has 0 heterocycles. The highest BCUT2D eigenvalue weighted by molar-refractivity contribution is 5.81. The standard InChI is InChI=1S/C10H18N4O4/c1-7(16)14-8(3-9(17)11-2)4-10(18)13-5-12-6-15/h6,8H,3-5H2,1-2H3,(H,11,17)(H,12,15)(H,13,18)(H,14,16)/p-1. The van der Waals surface area contributed by atoms with E-state index in [2.05, 4.69) is 20.9 Å². The minimum Gasteiger partial charge on any atom is -0.862 e. The zero-order valence-electron chi connectivity index (χ0n) is 10.4. The summed E-state index contributed by atoms with van der Waals surface area (Å²) in [7, 11) is 1.35. The van der Waals surface area contributed by atoms with E-state index in [1.54, 1.807) is 0 Å². The van der Waals surface area contributed by atoms with Crippen LogP contribution in [0.2, 0.25) is 0 Å². The maximum atomic E-state index is 11.4. The molecule has 1 atom stereocenters. The first-order chi connectivity index (χ1) is 8.49. The van der Waals surface area contributed by atoms with Crippen molar-refractivity contribution in [1.29, 1.82) is 0 Å². The van der Waals surface area contributed by atoms with E-state index < -0.39 is 11.9 Å². The Labute approximate surface area is 105 Å². The molecule has 0 saturated heterocycles. The summed E-state index contributed by atoms with van der Waals surface area (Å²) in [6.07, 6.45) is 0.358. The predicted octanol–water partition coefficient (Wildman–Crippen LogP) is -2.52. The normalized spacial score (nSPS) is 12.4. The van der Waals surface area contributed by atoms with Crippen LogP contribution in [0.25, 0.3) is 0 Å². The van der Waals surface area contributed by atoms with Gasteiger partial charge < -0.3 is 26.0 Å². The summed E-state index contributed by atoms with van der Waals surface area (Å²) in [4.78, 5) is 35.7. The van der Waals surface area contributed by atoms with Crippen LogP contribution >= 0.6 is 0 Å². The molecule has 1 unspecified atom stereocenters. The molecule has 0 radical (unpaired) electrons. The van der Waals surface area contributed by atoms with Gasteiger partial charge in [-0.1, -0.05) is 0 Å². The van der Waals surface area contributed by atoms with Crippen molar-refractivity contribution in [1.82, 2.24) is 16.0 Å². The van der Waals surface area contributed by atoms with Crippen LogP contribution in [0.15, 0.2) is 4.99 Å². The van der Waals surface area contributed by atoms with E-state index in [4.69, 9.17) is 0 Å². The molecule has 102 valence electrons. The van der Waals surface area contributed by atoms with Crippen LogP contribution in [0.5, 0.6) is 0 Å². The van der Waals surface area contributed by atoms with Crippen molar-refractivity contribution in [3.05, 3.63) is 0 Å². The Bertz CT molecular complexity index is 330. The Morgan fingerprint density at radius 3 is 2.56 bits per heavy atom. The van der Waals surface area contributed by atoms with Crippen molar-refractivity contribution in [2.75, 3.05) is 13.7 Å². The number of carbonyl (C=O) groups is 3. The summed E-state index contributed by atoms with van der Waals surface area (Å²) in [6, 6.07) is -0.602. The largest absolute Gasteiger partial charge is 0.862 e. The Kier molecular flexibility index (Phi) is 7.91. The molecule has 0 aromatic heterocycles. The molecule has 8 heteroatoms. The molecule has 18 heavy (non-hydrogen) atoms. The molecule has 0 aliphatic rings. The van der Waals surface area contributed by atoms with Gasteiger partial charge in [-0.2, -0.15) is 0 Å². The van der Waals surface area contributed by atoms with E-state index in [0.29, 0.717) is 6.41 Å². The number of carbonyl (C=O) groups excluding carboxylic acids is 3. The van der Waals surface area contributed by atoms with Crippen molar-refractivity contribution in [3.8, 4) is 0 Å². The van der Waals surface area contributed by atoms with Gasteiger partial charge >= 0.3 is 0 Å². The molecule has 0 aliphatic heterocycles. The van der Waals surface area contributed by atoms with E-state index in [1.165, 1.54) is 14.0 Å². The van der Waals surface area contributed by atoms with E-state index in [1.807, 2.05) is 0 Å². The van der Waals surface area contributed by atoms with Gasteiger partial charge in [0.05, 0.1) is 6.67 Å². The van der Waals surface area contributed by atoms with Crippen molar-refractivity contribution in [3.63, 3.8) is 0 Å². The molecule has 0 spiro atoms. The van der Waals surface area contributed by atoms with Crippen LogP contribution in [-0.4, -0.2) is 43.9 Å². The third kappa shape index (κ3) is 8.08. The van der Waals surface area contributed by atoms with Crippen LogP contribution in [-0.2, 0) is 14.4 Å². The molecule has 0 saturated carbocycles. The van der Waals surface area contributed by atoms with Gasteiger partial charge in [0.25, 0.3) is 0 Å². The van der Waals surface area contributed by atoms with Crippen LogP contribution in [0.3, 0.4) is 0 Å². The monoisotopic (exact) mass is 257 g/mol. The van der Waals surface area contributed by atoms with Gasteiger partial charge in [-0.05, 0) is 12.3 Å². The number of hydrogen-bond donors (Lipinski definition) is 3. The third-order valence-corrected chi connectivity index (χ3v) is 1.98. The van der Waals surface area contributed by atoms with Crippen molar-refractivity contribution in [2.45, 2.75) is 25.8 Å². The van der Waals surface area contributed by atoms with Crippen LogP contribution < -0.4 is 21.1 Å². The van der Waals surface area contributed by atoms with Gasteiger partial charge in [0.2, 0.25) is 18.2 Å². The summed E-state index contributed by atoms with van der Waals surface area (Å²) in [5, 5.41) is 18.3. The fourth-order valence-electron chi connectivity index (χ4n) is 1.25. The fourth-order valence-corrected chi connectivity index (χ4v) is 1.25. The zero-order chi connectivity index (χ0) is 14.0. The smallest absolute Gasteiger partial charge is 0.223 e. The Hall–Kier alpha value is -2.12. The summed E-state index contributed by atoms with van der Waals surface area (Å²) >= 11 is 0. The van der Waals surface area contributed by atoms with Crippen LogP contribution in [0.1, 0.15) is 19.8 Å². The van der Waals surface area contributed by atoms with Crippen molar-refractivity contribution in [2.24, 2.45) is 4.99 Å². The summed E-state index contributed by atoms with van der Waals surface area (Å²) < 4.78 is 0. The molecule has 8 nitrogen and oxygen atoms in total. The maximum Gasteiger partial charge on any atom is 0.223 e. The van der Waals surface area contributed by atoms with E-state index in [0.717, 1.165) is 0 Å². The molecule has 0 aliphatic carbocycles. The first-order valence-electron chi connectivity index (χ1n) is 5.33. The Morgan fingerprint density at radius 2 is 2.06 bits per heavy atom. The second-order valence-electron chi connectivity index (χ2n) is 3.52. The number of hydrogen-bond acceptors (Lipinski definition) is 5. The summed E-state index contributed by atoms with van der Waals surface area (Å²) in [5.74, 6) is -1.11. The van der Waals surface area contributed by atoms with Crippen molar-refractivity contribution < 1.29 is 19.5 Å². The average molecular weight is 257 g/mol. The summed E-state index contributed by atoms with van der Waals surface area (Å²) in [5.41, 5.74) is 0. The molecule has 0 aromatic carbocycles. The Morgan fingerprint density at radius 1 is 1.39 bits per heavy atom. The predicted molar refractivity (Wildman–Crippen MR) is 62.4 cm³/mol. The highest BCUT2D eigenvalue weighted by Crippen LogP contribution is 1.98. The lowest BCUT2D eigenvalue weighted by Crippen LogP contribution is -2.42. The average Bonchev–Trinajstić information content (AvgIpc) is 2.28. The van der Waals surface area contributed by atoms with E-state index >= 15 is 0 Å². The van der Waals surface area contributed by atoms with Gasteiger partial charge in [0.1, 0.15) is 0 Å². The SMILES string of the molecule is CN=C([O-])CC(CC(=O)NCNC=O)NC(C)=O. The lowest BCUT2D eigenvalue weighted by atomic mass is 10.1. The van der Waals surface area contributed by atoms with Gasteiger partial charge in [-0.3, -0.25) is 14.4 Å². The fraction of sp³-hybridized carbons (Fsp3) is 0.600. The number of aliphatic imine (C=N–C) groups is 1. The maximum absolute atomic E-state index is 11.4. The zero-order valence-corrected chi connectivity index (χ0v) is 10.4. The molecule has 0 aromatic rings. The third-order valence-electron chi connectivity index (χ3n) is 1.98. The lowest BCUT2D eigenvalue weighted by Gasteiger charge is -2.20. The number of amides is 3. The second kappa shape index (κ2) is 8.97. The molecule has 0 fully saturated rings. The molecular formula is C10H17N4O4-. The van der Waals surface area contributed by atoms with Crippen LogP contribution in [0.4, 0.5) is 0 Å². The minimum atomic E-state index is -0.602. The second-order valence-corrected chi connectivity index (χ2v) is 3.52. The first kappa shape index (κ1) is 15.9. The highest BCUT2D eigenvalue weighted by atomic mass is 16.3. The van der Waals surface area contributed by atoms with Gasteiger partial charge in [0.15, 0.2) is 0 Å². The molecular weight excluding hydrogens is 240 g/mol. The Balaban J connectivity index is 4.25. The van der Waals surface area contributed by atoms with Gasteiger partial charge in [-0.25, -0.2) is 0 Å². The number of nitrogens with zero attached hydrogens (tertiary/aromatic N) is 1. The molecule has 0 bridgehead atoms.